The average Bonchev–Trinajstić information content (AvgIpc) is 2.45. The molecule has 0 bridgehead atoms. The maximum Gasteiger partial charge on any atom is 0.356 e. The summed E-state index contributed by atoms with van der Waals surface area (Å²) < 4.78 is 15.7. The van der Waals surface area contributed by atoms with Crippen LogP contribution in [-0.2, 0) is 9.47 Å². The van der Waals surface area contributed by atoms with E-state index in [0.717, 1.165) is 13.1 Å². The molecule has 6 nitrogen and oxygen atoms in total. The van der Waals surface area contributed by atoms with Crippen molar-refractivity contribution in [2.45, 2.75) is 6.10 Å². The molecule has 0 aromatic carbocycles. The summed E-state index contributed by atoms with van der Waals surface area (Å²) in [7, 11) is 1.32. The molecular weight excluding hydrogens is 236 g/mol. The Labute approximate surface area is 105 Å². The van der Waals surface area contributed by atoms with Gasteiger partial charge in [-0.2, -0.15) is 0 Å². The molecule has 1 fully saturated rings. The zero-order valence-electron chi connectivity index (χ0n) is 10.2. The van der Waals surface area contributed by atoms with Crippen molar-refractivity contribution in [1.29, 1.82) is 0 Å². The second-order valence-corrected chi connectivity index (χ2v) is 3.88. The first kappa shape index (κ1) is 12.8. The molecule has 2 heterocycles. The minimum atomic E-state index is -0.476. The molecule has 1 aromatic rings. The molecule has 1 aromatic heterocycles. The van der Waals surface area contributed by atoms with Crippen molar-refractivity contribution in [3.63, 3.8) is 0 Å². The fourth-order valence-electron chi connectivity index (χ4n) is 1.63. The summed E-state index contributed by atoms with van der Waals surface area (Å²) >= 11 is 0. The number of aromatic nitrogens is 1. The van der Waals surface area contributed by atoms with Gasteiger partial charge in [0.1, 0.15) is 18.5 Å². The molecule has 1 unspecified atom stereocenters. The van der Waals surface area contributed by atoms with Crippen LogP contribution < -0.4 is 10.1 Å². The fraction of sp³-hybridized carbons (Fsp3) is 0.500. The highest BCUT2D eigenvalue weighted by Crippen LogP contribution is 2.12. The van der Waals surface area contributed by atoms with Crippen LogP contribution in [0.5, 0.6) is 5.75 Å². The molecule has 6 heteroatoms. The van der Waals surface area contributed by atoms with Crippen LogP contribution in [-0.4, -0.2) is 50.5 Å². The number of nitrogens with zero attached hydrogens (tertiary/aromatic N) is 1. The molecule has 18 heavy (non-hydrogen) atoms. The maximum atomic E-state index is 11.3. The van der Waals surface area contributed by atoms with Gasteiger partial charge in [-0.05, 0) is 6.07 Å². The Morgan fingerprint density at radius 1 is 1.67 bits per heavy atom. The summed E-state index contributed by atoms with van der Waals surface area (Å²) in [6.45, 7) is 2.78. The number of nitrogens with one attached hydrogen (secondary N) is 1. The first-order valence-corrected chi connectivity index (χ1v) is 5.79. The molecule has 0 amide bonds. The number of rotatable bonds is 4. The van der Waals surface area contributed by atoms with E-state index in [9.17, 15) is 4.79 Å². The molecule has 0 saturated carbocycles. The van der Waals surface area contributed by atoms with Crippen LogP contribution in [0.15, 0.2) is 18.3 Å². The largest absolute Gasteiger partial charge is 0.491 e. The third-order valence-electron chi connectivity index (χ3n) is 2.57. The van der Waals surface area contributed by atoms with Gasteiger partial charge in [-0.25, -0.2) is 9.78 Å². The monoisotopic (exact) mass is 252 g/mol. The van der Waals surface area contributed by atoms with Crippen LogP contribution in [0, 0.1) is 0 Å². The zero-order chi connectivity index (χ0) is 12.8. The van der Waals surface area contributed by atoms with Crippen molar-refractivity contribution in [2.75, 3.05) is 33.4 Å². The van der Waals surface area contributed by atoms with E-state index in [-0.39, 0.29) is 11.8 Å². The van der Waals surface area contributed by atoms with Gasteiger partial charge in [-0.3, -0.25) is 0 Å². The Morgan fingerprint density at radius 2 is 2.56 bits per heavy atom. The summed E-state index contributed by atoms with van der Waals surface area (Å²) in [5.74, 6) is 0.107. The van der Waals surface area contributed by atoms with Crippen molar-refractivity contribution in [2.24, 2.45) is 0 Å². The smallest absolute Gasteiger partial charge is 0.356 e. The predicted molar refractivity (Wildman–Crippen MR) is 63.7 cm³/mol. The van der Waals surface area contributed by atoms with Gasteiger partial charge in [0.25, 0.3) is 0 Å². The second kappa shape index (κ2) is 6.32. The van der Waals surface area contributed by atoms with Crippen molar-refractivity contribution < 1.29 is 19.0 Å². The highest BCUT2D eigenvalue weighted by molar-refractivity contribution is 5.87. The van der Waals surface area contributed by atoms with Crippen LogP contribution in [0.25, 0.3) is 0 Å². The molecule has 0 radical (unpaired) electrons. The van der Waals surface area contributed by atoms with E-state index in [4.69, 9.17) is 9.47 Å². The lowest BCUT2D eigenvalue weighted by Gasteiger charge is -2.23. The highest BCUT2D eigenvalue weighted by atomic mass is 16.5. The van der Waals surface area contributed by atoms with Gasteiger partial charge in [0, 0.05) is 25.4 Å². The summed E-state index contributed by atoms with van der Waals surface area (Å²) in [4.78, 5) is 15.2. The first-order chi connectivity index (χ1) is 8.79. The van der Waals surface area contributed by atoms with Crippen molar-refractivity contribution >= 4 is 5.97 Å². The number of carbonyl (C=O) groups is 1. The van der Waals surface area contributed by atoms with Gasteiger partial charge >= 0.3 is 5.97 Å². The van der Waals surface area contributed by atoms with Crippen LogP contribution in [0.2, 0.25) is 0 Å². The number of methoxy groups -OCH3 is 1. The molecule has 0 aliphatic carbocycles. The van der Waals surface area contributed by atoms with Crippen molar-refractivity contribution in [3.8, 4) is 5.75 Å². The lowest BCUT2D eigenvalue weighted by atomic mass is 10.3. The maximum absolute atomic E-state index is 11.3. The molecule has 1 aliphatic heterocycles. The molecule has 2 rings (SSSR count). The number of hydrogen-bond donors (Lipinski definition) is 1. The zero-order valence-corrected chi connectivity index (χ0v) is 10.2. The van der Waals surface area contributed by atoms with Gasteiger partial charge in [-0.15, -0.1) is 0 Å². The number of esters is 1. The summed E-state index contributed by atoms with van der Waals surface area (Å²) in [5.41, 5.74) is 0.234. The molecule has 1 N–H and O–H groups in total. The molecule has 1 atom stereocenters. The van der Waals surface area contributed by atoms with E-state index in [1.54, 1.807) is 12.1 Å². The Bertz CT molecular complexity index is 405. The Kier molecular flexibility index (Phi) is 4.49. The Hall–Kier alpha value is -1.66. The number of hydrogen-bond acceptors (Lipinski definition) is 6. The average molecular weight is 252 g/mol. The third-order valence-corrected chi connectivity index (χ3v) is 2.57. The Balaban J connectivity index is 1.90. The first-order valence-electron chi connectivity index (χ1n) is 5.79. The second-order valence-electron chi connectivity index (χ2n) is 3.88. The van der Waals surface area contributed by atoms with E-state index < -0.39 is 5.97 Å². The lowest BCUT2D eigenvalue weighted by Crippen LogP contribution is -2.41. The van der Waals surface area contributed by atoms with Crippen LogP contribution in [0.4, 0.5) is 0 Å². The quantitative estimate of drug-likeness (QED) is 0.774. The van der Waals surface area contributed by atoms with Gasteiger partial charge in [0.2, 0.25) is 0 Å². The third kappa shape index (κ3) is 3.41. The standard InChI is InChI=1S/C12H16N2O4/c1-16-12(15)11-6-9(2-3-14-11)18-8-10-7-13-4-5-17-10/h2-3,6,10,13H,4-5,7-8H2,1H3. The summed E-state index contributed by atoms with van der Waals surface area (Å²) in [5, 5.41) is 3.22. The van der Waals surface area contributed by atoms with Crippen molar-refractivity contribution in [3.05, 3.63) is 24.0 Å². The summed E-state index contributed by atoms with van der Waals surface area (Å²) in [6.07, 6.45) is 1.55. The topological polar surface area (TPSA) is 69.7 Å². The van der Waals surface area contributed by atoms with E-state index >= 15 is 0 Å². The van der Waals surface area contributed by atoms with Gasteiger partial charge in [-0.1, -0.05) is 0 Å². The molecule has 1 saturated heterocycles. The van der Waals surface area contributed by atoms with Crippen molar-refractivity contribution in [1.82, 2.24) is 10.3 Å². The molecule has 0 spiro atoms. The molecule has 1 aliphatic rings. The number of ether oxygens (including phenoxy) is 3. The lowest BCUT2D eigenvalue weighted by molar-refractivity contribution is 0.000154. The van der Waals surface area contributed by atoms with Gasteiger partial charge in [0.15, 0.2) is 5.69 Å². The highest BCUT2D eigenvalue weighted by Gasteiger charge is 2.14. The van der Waals surface area contributed by atoms with Crippen LogP contribution in [0.1, 0.15) is 10.5 Å². The number of morpholine rings is 1. The SMILES string of the molecule is COC(=O)c1cc(OCC2CNCCO2)ccn1. The van der Waals surface area contributed by atoms with E-state index in [2.05, 4.69) is 15.0 Å². The number of pyridine rings is 1. The minimum Gasteiger partial charge on any atom is -0.491 e. The van der Waals surface area contributed by atoms with Crippen LogP contribution in [0.3, 0.4) is 0 Å². The fourth-order valence-corrected chi connectivity index (χ4v) is 1.63. The minimum absolute atomic E-state index is 0.0356. The molecular formula is C12H16N2O4. The Morgan fingerprint density at radius 3 is 3.28 bits per heavy atom. The normalized spacial score (nSPS) is 19.3. The van der Waals surface area contributed by atoms with E-state index in [1.807, 2.05) is 0 Å². The number of carbonyl (C=O) groups excluding carboxylic acids is 1. The van der Waals surface area contributed by atoms with Gasteiger partial charge < -0.3 is 19.5 Å². The van der Waals surface area contributed by atoms with E-state index in [1.165, 1.54) is 13.3 Å². The summed E-state index contributed by atoms with van der Waals surface area (Å²) in [6, 6.07) is 3.25. The van der Waals surface area contributed by atoms with E-state index in [0.29, 0.717) is 19.0 Å². The predicted octanol–water partition coefficient (Wildman–Crippen LogP) is 0.235. The molecule has 98 valence electrons. The van der Waals surface area contributed by atoms with Crippen LogP contribution >= 0.6 is 0 Å². The van der Waals surface area contributed by atoms with Gasteiger partial charge in [0.05, 0.1) is 13.7 Å².